The molecule has 1 aromatic carbocycles. The first kappa shape index (κ1) is 17.3. The summed E-state index contributed by atoms with van der Waals surface area (Å²) in [6, 6.07) is 3.70. The van der Waals surface area contributed by atoms with Gasteiger partial charge in [0.1, 0.15) is 36.9 Å². The molecule has 0 amide bonds. The first-order chi connectivity index (χ1) is 12.4. The molecule has 2 aromatic heterocycles. The number of aromatic nitrogens is 3. The van der Waals surface area contributed by atoms with Crippen LogP contribution in [0.15, 0.2) is 18.2 Å². The monoisotopic (exact) mass is 381 g/mol. The van der Waals surface area contributed by atoms with Crippen molar-refractivity contribution in [2.24, 2.45) is 0 Å². The zero-order chi connectivity index (χ0) is 18.4. The molecule has 9 heteroatoms. The van der Waals surface area contributed by atoms with Crippen LogP contribution in [-0.2, 0) is 0 Å². The fourth-order valence-corrected chi connectivity index (χ4v) is 4.77. The molecule has 1 saturated heterocycles. The van der Waals surface area contributed by atoms with E-state index in [-0.39, 0.29) is 11.9 Å². The number of nitrogens with zero attached hydrogens (tertiary/aromatic N) is 3. The third kappa shape index (κ3) is 2.95. The van der Waals surface area contributed by atoms with E-state index in [2.05, 4.69) is 17.1 Å². The van der Waals surface area contributed by atoms with Crippen molar-refractivity contribution in [3.8, 4) is 5.88 Å². The molecule has 138 valence electrons. The summed E-state index contributed by atoms with van der Waals surface area (Å²) in [4.78, 5) is 8.27. The Balaban J connectivity index is 1.82. The fourth-order valence-electron chi connectivity index (χ4n) is 3.59. The Morgan fingerprint density at radius 1 is 1.19 bits per heavy atom. The maximum Gasteiger partial charge on any atom is 0.235 e. The molecule has 3 heterocycles. The van der Waals surface area contributed by atoms with Crippen LogP contribution >= 0.6 is 11.3 Å². The minimum absolute atomic E-state index is 0.0270. The van der Waals surface area contributed by atoms with Gasteiger partial charge >= 0.3 is 0 Å². The molecule has 0 radical (unpaired) electrons. The van der Waals surface area contributed by atoms with Crippen LogP contribution in [0.3, 0.4) is 0 Å². The number of benzene rings is 1. The molecule has 0 spiro atoms. The number of thiazole rings is 1. The van der Waals surface area contributed by atoms with Crippen molar-refractivity contribution in [3.63, 3.8) is 0 Å². The van der Waals surface area contributed by atoms with Crippen molar-refractivity contribution >= 4 is 16.3 Å². The van der Waals surface area contributed by atoms with Crippen LogP contribution < -0.4 is 9.80 Å². The molecule has 1 fully saturated rings. The third-order valence-corrected chi connectivity index (χ3v) is 6.08. The second-order valence-electron chi connectivity index (χ2n) is 6.87. The molecule has 0 saturated carbocycles. The molecule has 1 aliphatic heterocycles. The molecule has 0 unspecified atom stereocenters. The SMILES string of the molecule is Cc1nc2sc([C@H](c3ccc(F)c(F)c3)[NH+]3CC[NH+](C)CC3)c(O)n2n1. The highest BCUT2D eigenvalue weighted by atomic mass is 32.1. The molecule has 1 aliphatic rings. The van der Waals surface area contributed by atoms with Crippen LogP contribution in [0.1, 0.15) is 22.3 Å². The number of hydrogen-bond acceptors (Lipinski definition) is 4. The summed E-state index contributed by atoms with van der Waals surface area (Å²) in [7, 11) is 2.15. The summed E-state index contributed by atoms with van der Waals surface area (Å²) in [5.41, 5.74) is 0.648. The average Bonchev–Trinajstić information content (AvgIpc) is 3.11. The molecule has 0 aliphatic carbocycles. The number of hydrogen-bond donors (Lipinski definition) is 3. The van der Waals surface area contributed by atoms with Crippen molar-refractivity contribution in [2.45, 2.75) is 13.0 Å². The predicted molar refractivity (Wildman–Crippen MR) is 92.8 cm³/mol. The van der Waals surface area contributed by atoms with E-state index >= 15 is 0 Å². The van der Waals surface area contributed by atoms with E-state index in [1.165, 1.54) is 31.7 Å². The second-order valence-corrected chi connectivity index (χ2v) is 7.87. The van der Waals surface area contributed by atoms with Crippen molar-refractivity contribution in [2.75, 3.05) is 33.2 Å². The maximum atomic E-state index is 13.9. The second kappa shape index (κ2) is 6.57. The lowest BCUT2D eigenvalue weighted by Gasteiger charge is -2.33. The number of piperazine rings is 1. The van der Waals surface area contributed by atoms with Gasteiger partial charge in [0, 0.05) is 5.56 Å². The van der Waals surface area contributed by atoms with Gasteiger partial charge in [-0.1, -0.05) is 11.3 Å². The van der Waals surface area contributed by atoms with Gasteiger partial charge in [0.2, 0.25) is 10.8 Å². The number of likely N-dealkylation sites (N-methyl/N-ethyl adjacent to an activating group) is 1. The van der Waals surface area contributed by atoms with Gasteiger partial charge in [-0.15, -0.1) is 5.10 Å². The minimum atomic E-state index is -0.874. The number of halogens is 2. The lowest BCUT2D eigenvalue weighted by molar-refractivity contribution is -1.02. The highest BCUT2D eigenvalue weighted by molar-refractivity contribution is 7.17. The minimum Gasteiger partial charge on any atom is -0.492 e. The van der Waals surface area contributed by atoms with Gasteiger partial charge in [-0.05, 0) is 25.1 Å². The van der Waals surface area contributed by atoms with Gasteiger partial charge in [-0.2, -0.15) is 4.52 Å². The summed E-state index contributed by atoms with van der Waals surface area (Å²) in [5, 5.41) is 14.9. The van der Waals surface area contributed by atoms with Gasteiger partial charge in [0.15, 0.2) is 17.7 Å². The quantitative estimate of drug-likeness (QED) is 0.578. The first-order valence-electron chi connectivity index (χ1n) is 8.60. The summed E-state index contributed by atoms with van der Waals surface area (Å²) >= 11 is 1.35. The topological polar surface area (TPSA) is 59.3 Å². The summed E-state index contributed by atoms with van der Waals surface area (Å²) in [6.45, 7) is 5.48. The van der Waals surface area contributed by atoms with E-state index in [9.17, 15) is 13.9 Å². The van der Waals surface area contributed by atoms with Crippen molar-refractivity contribution < 1.29 is 23.7 Å². The van der Waals surface area contributed by atoms with Gasteiger partial charge in [-0.3, -0.25) is 0 Å². The first-order valence-corrected chi connectivity index (χ1v) is 9.41. The van der Waals surface area contributed by atoms with Crippen molar-refractivity contribution in [1.82, 2.24) is 14.6 Å². The third-order valence-electron chi connectivity index (χ3n) is 5.00. The Morgan fingerprint density at radius 3 is 2.58 bits per heavy atom. The molecular weight excluding hydrogens is 360 g/mol. The molecule has 6 nitrogen and oxygen atoms in total. The summed E-state index contributed by atoms with van der Waals surface area (Å²) in [6.07, 6.45) is 0. The van der Waals surface area contributed by atoms with Crippen LogP contribution in [0, 0.1) is 18.6 Å². The number of aromatic hydroxyl groups is 1. The number of quaternary nitrogens is 2. The summed E-state index contributed by atoms with van der Waals surface area (Å²) in [5.74, 6) is -1.13. The Hall–Kier alpha value is -2.10. The zero-order valence-electron chi connectivity index (χ0n) is 14.6. The Labute approximate surface area is 153 Å². The zero-order valence-corrected chi connectivity index (χ0v) is 15.4. The van der Waals surface area contributed by atoms with Crippen LogP contribution in [0.5, 0.6) is 5.88 Å². The molecule has 4 rings (SSSR count). The van der Waals surface area contributed by atoms with Crippen LogP contribution in [0.4, 0.5) is 8.78 Å². The number of nitrogens with one attached hydrogen (secondary N) is 2. The molecule has 3 aromatic rings. The molecule has 1 atom stereocenters. The molecule has 0 bridgehead atoms. The van der Waals surface area contributed by atoms with E-state index in [4.69, 9.17) is 0 Å². The lowest BCUT2D eigenvalue weighted by Crippen LogP contribution is -3.27. The largest absolute Gasteiger partial charge is 0.492 e. The number of rotatable bonds is 3. The summed E-state index contributed by atoms with van der Waals surface area (Å²) < 4.78 is 28.8. The normalized spacial score (nSPS) is 22.0. The highest BCUT2D eigenvalue weighted by Gasteiger charge is 2.35. The number of aryl methyl sites for hydroxylation is 1. The van der Waals surface area contributed by atoms with Crippen LogP contribution in [0.25, 0.3) is 4.96 Å². The molecular formula is C17H21F2N5OS+2. The van der Waals surface area contributed by atoms with E-state index in [1.54, 1.807) is 13.0 Å². The van der Waals surface area contributed by atoms with E-state index in [0.717, 1.165) is 32.2 Å². The molecule has 3 N–H and O–H groups in total. The maximum absolute atomic E-state index is 13.9. The van der Waals surface area contributed by atoms with Gasteiger partial charge in [0.25, 0.3) is 0 Å². The molecule has 26 heavy (non-hydrogen) atoms. The standard InChI is InChI=1S/C17H19F2N5OS/c1-10-20-17-24(21-10)16(25)15(26-17)14(23-7-5-22(2)6-8-23)11-3-4-12(18)13(19)9-11/h3-4,9,14,25H,5-8H2,1-2H3/p+2/t14-/m0/s1. The smallest absolute Gasteiger partial charge is 0.235 e. The predicted octanol–water partition coefficient (Wildman–Crippen LogP) is -0.414. The Bertz CT molecular complexity index is 948. The highest BCUT2D eigenvalue weighted by Crippen LogP contribution is 2.35. The number of fused-ring (bicyclic) bond motifs is 1. The van der Waals surface area contributed by atoms with E-state index < -0.39 is 11.6 Å². The van der Waals surface area contributed by atoms with E-state index in [0.29, 0.717) is 21.2 Å². The van der Waals surface area contributed by atoms with Crippen molar-refractivity contribution in [1.29, 1.82) is 0 Å². The van der Waals surface area contributed by atoms with Crippen LogP contribution in [0.2, 0.25) is 0 Å². The van der Waals surface area contributed by atoms with Crippen LogP contribution in [-0.4, -0.2) is 52.9 Å². The van der Waals surface area contributed by atoms with Gasteiger partial charge in [0.05, 0.1) is 7.05 Å². The Kier molecular flexibility index (Phi) is 4.37. The lowest BCUT2D eigenvalue weighted by atomic mass is 10.0. The Morgan fingerprint density at radius 2 is 1.92 bits per heavy atom. The van der Waals surface area contributed by atoms with E-state index in [1.807, 2.05) is 0 Å². The van der Waals surface area contributed by atoms with Gasteiger partial charge in [-0.25, -0.2) is 13.8 Å². The average molecular weight is 381 g/mol. The van der Waals surface area contributed by atoms with Gasteiger partial charge < -0.3 is 14.9 Å². The van der Waals surface area contributed by atoms with Crippen molar-refractivity contribution in [3.05, 3.63) is 46.1 Å². The fraction of sp³-hybridized carbons (Fsp3) is 0.412.